The van der Waals surface area contributed by atoms with Gasteiger partial charge in [0.15, 0.2) is 0 Å². The fraction of sp³-hybridized carbons (Fsp3) is 0.600. The van der Waals surface area contributed by atoms with Crippen LogP contribution in [0.1, 0.15) is 0 Å². The van der Waals surface area contributed by atoms with Crippen molar-refractivity contribution in [3.63, 3.8) is 0 Å². The molecule has 0 spiro atoms. The van der Waals surface area contributed by atoms with Crippen LogP contribution in [0, 0.1) is 5.92 Å². The highest BCUT2D eigenvalue weighted by molar-refractivity contribution is 4.97. The first kappa shape index (κ1) is 11.2. The lowest BCUT2D eigenvalue weighted by Gasteiger charge is -2.20. The molecule has 0 aliphatic carbocycles. The third-order valence-corrected chi connectivity index (χ3v) is 0.968. The summed E-state index contributed by atoms with van der Waals surface area (Å²) >= 11 is 0. The Labute approximate surface area is 62.7 Å². The fourth-order valence-corrected chi connectivity index (χ4v) is 0.541. The summed E-state index contributed by atoms with van der Waals surface area (Å²) < 4.78 is 80.4. The van der Waals surface area contributed by atoms with Crippen LogP contribution < -0.4 is 0 Å². The second kappa shape index (κ2) is 2.95. The minimum atomic E-state index is -5.68. The molecule has 12 heavy (non-hydrogen) atoms. The minimum Gasteiger partial charge on any atom is -0.211 e. The van der Waals surface area contributed by atoms with Gasteiger partial charge < -0.3 is 0 Å². The van der Waals surface area contributed by atoms with Crippen LogP contribution in [0.25, 0.3) is 0 Å². The van der Waals surface area contributed by atoms with Gasteiger partial charge in [0, 0.05) is 0 Å². The Morgan fingerprint density at radius 2 is 1.17 bits per heavy atom. The molecule has 0 bridgehead atoms. The van der Waals surface area contributed by atoms with E-state index < -0.39 is 24.1 Å². The molecule has 0 saturated carbocycles. The van der Waals surface area contributed by atoms with Gasteiger partial charge in [-0.05, 0) is 0 Å². The van der Waals surface area contributed by atoms with Gasteiger partial charge in [0.25, 0.3) is 0 Å². The fourth-order valence-electron chi connectivity index (χ4n) is 0.541. The van der Waals surface area contributed by atoms with E-state index >= 15 is 0 Å². The molecule has 0 fully saturated rings. The topological polar surface area (TPSA) is 0 Å². The Balaban J connectivity index is 4.82. The summed E-state index contributed by atoms with van der Waals surface area (Å²) in [5, 5.41) is 0. The quantitative estimate of drug-likeness (QED) is 0.565. The van der Waals surface area contributed by atoms with Crippen LogP contribution in [0.15, 0.2) is 12.4 Å². The number of hydrogen-bond donors (Lipinski definition) is 0. The molecule has 0 aromatic heterocycles. The Morgan fingerprint density at radius 1 is 0.917 bits per heavy atom. The average Bonchev–Trinajstić information content (AvgIpc) is 1.49. The lowest BCUT2D eigenvalue weighted by atomic mass is 10.1. The first-order valence-corrected chi connectivity index (χ1v) is 2.54. The van der Waals surface area contributed by atoms with Gasteiger partial charge in [0.1, 0.15) is 5.83 Å². The van der Waals surface area contributed by atoms with Gasteiger partial charge in [-0.15, -0.1) is 0 Å². The molecule has 0 amide bonds. The van der Waals surface area contributed by atoms with Gasteiger partial charge in [-0.2, -0.15) is 26.3 Å². The molecule has 72 valence electrons. The molecule has 0 heterocycles. The molecule has 0 saturated heterocycles. The lowest BCUT2D eigenvalue weighted by Crippen LogP contribution is -2.36. The highest BCUT2D eigenvalue weighted by atomic mass is 19.4. The monoisotopic (exact) mass is 196 g/mol. The highest BCUT2D eigenvalue weighted by Gasteiger charge is 2.58. The van der Waals surface area contributed by atoms with E-state index in [1.54, 1.807) is 0 Å². The van der Waals surface area contributed by atoms with Crippen LogP contribution in [0.4, 0.5) is 30.7 Å². The van der Waals surface area contributed by atoms with E-state index in [0.29, 0.717) is 0 Å². The maximum Gasteiger partial charge on any atom is 0.406 e. The van der Waals surface area contributed by atoms with Crippen LogP contribution in [-0.4, -0.2) is 12.4 Å². The van der Waals surface area contributed by atoms with E-state index in [2.05, 4.69) is 0 Å². The SMILES string of the molecule is C=C(F)C(C(F)(F)F)C(F)(F)F. The summed E-state index contributed by atoms with van der Waals surface area (Å²) in [5.74, 6) is -6.53. The van der Waals surface area contributed by atoms with Crippen molar-refractivity contribution in [3.8, 4) is 0 Å². The standard InChI is InChI=1S/C5H3F7/c1-2(6)3(4(7,8)9)5(10,11)12/h3H,1H2. The smallest absolute Gasteiger partial charge is 0.211 e. The molecule has 0 aromatic rings. The molecular weight excluding hydrogens is 193 g/mol. The van der Waals surface area contributed by atoms with Gasteiger partial charge in [-0.3, -0.25) is 0 Å². The predicted molar refractivity (Wildman–Crippen MR) is 25.8 cm³/mol. The average molecular weight is 196 g/mol. The third kappa shape index (κ3) is 2.71. The van der Waals surface area contributed by atoms with Crippen molar-refractivity contribution in [1.82, 2.24) is 0 Å². The summed E-state index contributed by atoms with van der Waals surface area (Å²) in [7, 11) is 0. The molecule has 0 atom stereocenters. The molecular formula is C5H3F7. The normalized spacial score (nSPS) is 13.7. The molecule has 0 aliphatic rings. The molecule has 0 radical (unpaired) electrons. The Hall–Kier alpha value is -0.750. The Bertz CT molecular complexity index is 159. The zero-order valence-electron chi connectivity index (χ0n) is 5.43. The largest absolute Gasteiger partial charge is 0.406 e. The summed E-state index contributed by atoms with van der Waals surface area (Å²) in [5.41, 5.74) is 0. The third-order valence-electron chi connectivity index (χ3n) is 0.968. The summed E-state index contributed by atoms with van der Waals surface area (Å²) in [6, 6.07) is 0. The summed E-state index contributed by atoms with van der Waals surface area (Å²) in [4.78, 5) is 0. The second-order valence-corrected chi connectivity index (χ2v) is 1.96. The molecule has 0 nitrogen and oxygen atoms in total. The lowest BCUT2D eigenvalue weighted by molar-refractivity contribution is -0.275. The van der Waals surface area contributed by atoms with Gasteiger partial charge in [0.05, 0.1) is 0 Å². The number of halogens is 7. The highest BCUT2D eigenvalue weighted by Crippen LogP contribution is 2.43. The van der Waals surface area contributed by atoms with Crippen LogP contribution in [0.5, 0.6) is 0 Å². The Morgan fingerprint density at radius 3 is 1.17 bits per heavy atom. The number of allylic oxidation sites excluding steroid dienone is 1. The number of rotatable bonds is 1. The van der Waals surface area contributed by atoms with E-state index in [4.69, 9.17) is 0 Å². The van der Waals surface area contributed by atoms with Crippen molar-refractivity contribution in [3.05, 3.63) is 12.4 Å². The van der Waals surface area contributed by atoms with Crippen LogP contribution in [0.2, 0.25) is 0 Å². The van der Waals surface area contributed by atoms with Crippen molar-refractivity contribution in [1.29, 1.82) is 0 Å². The number of alkyl halides is 6. The van der Waals surface area contributed by atoms with E-state index in [1.807, 2.05) is 6.58 Å². The van der Waals surface area contributed by atoms with Crippen molar-refractivity contribution in [2.45, 2.75) is 12.4 Å². The van der Waals surface area contributed by atoms with E-state index in [-0.39, 0.29) is 0 Å². The van der Waals surface area contributed by atoms with Crippen LogP contribution >= 0.6 is 0 Å². The van der Waals surface area contributed by atoms with Crippen LogP contribution in [-0.2, 0) is 0 Å². The molecule has 0 rings (SSSR count). The van der Waals surface area contributed by atoms with Crippen LogP contribution in [0.3, 0.4) is 0 Å². The van der Waals surface area contributed by atoms with Gasteiger partial charge in [-0.25, -0.2) is 4.39 Å². The zero-order chi connectivity index (χ0) is 10.2. The van der Waals surface area contributed by atoms with Gasteiger partial charge in [-0.1, -0.05) is 6.58 Å². The molecule has 0 unspecified atom stereocenters. The molecule has 0 aliphatic heterocycles. The summed E-state index contributed by atoms with van der Waals surface area (Å²) in [6.45, 7) is 1.98. The number of hydrogen-bond acceptors (Lipinski definition) is 0. The molecule has 0 aromatic carbocycles. The van der Waals surface area contributed by atoms with Gasteiger partial charge in [0.2, 0.25) is 5.92 Å². The summed E-state index contributed by atoms with van der Waals surface area (Å²) in [6.07, 6.45) is -11.4. The van der Waals surface area contributed by atoms with Crippen molar-refractivity contribution in [2.24, 2.45) is 5.92 Å². The van der Waals surface area contributed by atoms with Gasteiger partial charge >= 0.3 is 12.4 Å². The maximum absolute atomic E-state index is 11.7. The van der Waals surface area contributed by atoms with Crippen molar-refractivity contribution in [2.75, 3.05) is 0 Å². The second-order valence-electron chi connectivity index (χ2n) is 1.96. The molecule has 7 heteroatoms. The van der Waals surface area contributed by atoms with E-state index in [1.165, 1.54) is 0 Å². The van der Waals surface area contributed by atoms with Crippen molar-refractivity contribution < 1.29 is 30.7 Å². The minimum absolute atomic E-state index is 1.98. The first-order valence-electron chi connectivity index (χ1n) is 2.54. The Kier molecular flexibility index (Phi) is 2.76. The zero-order valence-corrected chi connectivity index (χ0v) is 5.43. The van der Waals surface area contributed by atoms with Crippen molar-refractivity contribution >= 4 is 0 Å². The first-order chi connectivity index (χ1) is 5.07. The predicted octanol–water partition coefficient (Wildman–Crippen LogP) is 3.21. The van der Waals surface area contributed by atoms with E-state index in [0.717, 1.165) is 0 Å². The van der Waals surface area contributed by atoms with E-state index in [9.17, 15) is 30.7 Å². The molecule has 0 N–H and O–H groups in total. The maximum atomic E-state index is 11.7.